The monoisotopic (exact) mass is 482 g/mol. The third kappa shape index (κ3) is 6.49. The summed E-state index contributed by atoms with van der Waals surface area (Å²) in [6.45, 7) is 3.69. The molecule has 0 radical (unpaired) electrons. The lowest BCUT2D eigenvalue weighted by Gasteiger charge is -2.18. The summed E-state index contributed by atoms with van der Waals surface area (Å²) in [5.74, 6) is 3.14. The molecule has 3 aliphatic heterocycles. The Labute approximate surface area is 203 Å². The van der Waals surface area contributed by atoms with Gasteiger partial charge in [-0.25, -0.2) is 0 Å². The number of rotatable bonds is 0. The van der Waals surface area contributed by atoms with Crippen LogP contribution in [0.1, 0.15) is 0 Å². The zero-order valence-electron chi connectivity index (χ0n) is 18.4. The largest absolute Gasteiger partial charge is 0.490 e. The van der Waals surface area contributed by atoms with Crippen molar-refractivity contribution in [2.75, 3.05) is 70.9 Å². The van der Waals surface area contributed by atoms with E-state index in [0.717, 1.165) is 66.2 Å². The van der Waals surface area contributed by atoms with Gasteiger partial charge in [-0.05, 0) is 48.5 Å². The van der Waals surface area contributed by atoms with Gasteiger partial charge in [0.1, 0.15) is 12.4 Å². The van der Waals surface area contributed by atoms with Crippen LogP contribution in [0.2, 0.25) is 0 Å². The van der Waals surface area contributed by atoms with Crippen molar-refractivity contribution in [3.8, 4) is 5.75 Å². The molecule has 0 unspecified atom stereocenters. The van der Waals surface area contributed by atoms with Crippen LogP contribution in [0.25, 0.3) is 0 Å². The Morgan fingerprint density at radius 1 is 0.606 bits per heavy atom. The number of ether oxygens (including phenoxy) is 1. The molecule has 9 heteroatoms. The van der Waals surface area contributed by atoms with E-state index in [1.54, 1.807) is 0 Å². The first-order valence-electron chi connectivity index (χ1n) is 10.9. The number of hydrogen-bond acceptors (Lipinski definition) is 9. The molecule has 0 spiro atoms. The van der Waals surface area contributed by atoms with Crippen LogP contribution in [-0.4, -0.2) is 37.7 Å². The highest BCUT2D eigenvalue weighted by Crippen LogP contribution is 2.33. The Bertz CT molecular complexity index is 958. The molecule has 3 aromatic rings. The molecular formula is C24H30N6OS2. The van der Waals surface area contributed by atoms with E-state index < -0.39 is 0 Å². The number of benzene rings is 3. The van der Waals surface area contributed by atoms with Crippen molar-refractivity contribution >= 4 is 57.6 Å². The second-order valence-corrected chi connectivity index (χ2v) is 9.87. The predicted molar refractivity (Wildman–Crippen MR) is 145 cm³/mol. The highest BCUT2D eigenvalue weighted by molar-refractivity contribution is 7.99. The summed E-state index contributed by atoms with van der Waals surface area (Å²) in [5.41, 5.74) is 22.7. The minimum atomic E-state index is 0.719. The van der Waals surface area contributed by atoms with Crippen molar-refractivity contribution in [2.24, 2.45) is 0 Å². The number of thioether (sulfide) groups is 2. The summed E-state index contributed by atoms with van der Waals surface area (Å²) < 4.78 is 5.36. The molecule has 9 N–H and O–H groups in total. The number of nitrogen functional groups attached to an aromatic ring is 3. The van der Waals surface area contributed by atoms with Gasteiger partial charge < -0.3 is 37.9 Å². The first-order chi connectivity index (χ1) is 16.1. The molecule has 0 aliphatic carbocycles. The Balaban J connectivity index is 0.000000118. The van der Waals surface area contributed by atoms with E-state index in [4.69, 9.17) is 21.9 Å². The smallest absolute Gasteiger partial charge is 0.144 e. The van der Waals surface area contributed by atoms with Crippen molar-refractivity contribution in [1.82, 2.24) is 0 Å². The Kier molecular flexibility index (Phi) is 7.85. The van der Waals surface area contributed by atoms with E-state index in [1.165, 1.54) is 21.2 Å². The maximum absolute atomic E-state index is 5.64. The van der Waals surface area contributed by atoms with E-state index in [9.17, 15) is 0 Å². The average molecular weight is 483 g/mol. The molecule has 174 valence electrons. The second kappa shape index (κ2) is 11.2. The molecule has 0 saturated carbocycles. The van der Waals surface area contributed by atoms with Crippen molar-refractivity contribution in [3.63, 3.8) is 0 Å². The summed E-state index contributed by atoms with van der Waals surface area (Å²) in [6.07, 6.45) is 0. The molecule has 0 fully saturated rings. The van der Waals surface area contributed by atoms with E-state index in [-0.39, 0.29) is 0 Å². The van der Waals surface area contributed by atoms with Gasteiger partial charge in [0.25, 0.3) is 0 Å². The molecular weight excluding hydrogens is 452 g/mol. The number of fused-ring (bicyclic) bond motifs is 3. The van der Waals surface area contributed by atoms with Crippen LogP contribution in [0.15, 0.2) is 64.4 Å². The van der Waals surface area contributed by atoms with Crippen LogP contribution in [0.3, 0.4) is 0 Å². The van der Waals surface area contributed by atoms with E-state index in [1.807, 2.05) is 72.1 Å². The van der Waals surface area contributed by atoms with Gasteiger partial charge >= 0.3 is 0 Å². The summed E-state index contributed by atoms with van der Waals surface area (Å²) >= 11 is 3.74. The second-order valence-electron chi connectivity index (χ2n) is 7.59. The fraction of sp³-hybridized carbons (Fsp3) is 0.250. The number of nitrogens with one attached hydrogen (secondary N) is 3. The van der Waals surface area contributed by atoms with Crippen molar-refractivity contribution in [3.05, 3.63) is 54.6 Å². The van der Waals surface area contributed by atoms with E-state index >= 15 is 0 Å². The lowest BCUT2D eigenvalue weighted by molar-refractivity contribution is 0.323. The van der Waals surface area contributed by atoms with Gasteiger partial charge in [-0.1, -0.05) is 0 Å². The molecule has 7 nitrogen and oxygen atoms in total. The summed E-state index contributed by atoms with van der Waals surface area (Å²) in [6, 6.07) is 17.6. The quantitative estimate of drug-likeness (QED) is 0.254. The molecule has 6 rings (SSSR count). The van der Waals surface area contributed by atoms with Gasteiger partial charge in [0.15, 0.2) is 0 Å². The first-order valence-corrected chi connectivity index (χ1v) is 12.8. The molecule has 0 amide bonds. The van der Waals surface area contributed by atoms with Gasteiger partial charge in [-0.3, -0.25) is 0 Å². The van der Waals surface area contributed by atoms with Crippen LogP contribution in [0, 0.1) is 0 Å². The lowest BCUT2D eigenvalue weighted by Crippen LogP contribution is -2.17. The van der Waals surface area contributed by atoms with Crippen molar-refractivity contribution in [1.29, 1.82) is 0 Å². The third-order valence-electron chi connectivity index (χ3n) is 5.04. The molecule has 0 aromatic heterocycles. The zero-order valence-corrected chi connectivity index (χ0v) is 20.0. The minimum Gasteiger partial charge on any atom is -0.490 e. The number of anilines is 6. The molecule has 0 atom stereocenters. The summed E-state index contributed by atoms with van der Waals surface area (Å²) in [4.78, 5) is 2.58. The fourth-order valence-electron chi connectivity index (χ4n) is 3.46. The van der Waals surface area contributed by atoms with Crippen LogP contribution in [0.5, 0.6) is 5.75 Å². The standard InChI is InChI=1S/C8H10N2O.2C8H10N2S/c9-6-1-2-7-8(5-6)11-4-3-10-7;9-6-1-2-8-7(5-6)10-3-4-11-8;9-6-1-2-7-8(5-6)11-4-3-10-7/h3*1-2,5,10H,3-4,9H2. The van der Waals surface area contributed by atoms with Gasteiger partial charge in [0, 0.05) is 75.4 Å². The lowest BCUT2D eigenvalue weighted by atomic mass is 10.2. The number of hydrogen-bond donors (Lipinski definition) is 6. The van der Waals surface area contributed by atoms with Gasteiger partial charge in [-0.15, -0.1) is 23.5 Å². The normalized spacial score (nSPS) is 15.0. The Hall–Kier alpha value is -3.04. The van der Waals surface area contributed by atoms with Crippen LogP contribution >= 0.6 is 23.5 Å². The summed E-state index contributed by atoms with van der Waals surface area (Å²) in [5, 5.41) is 9.83. The average Bonchev–Trinajstić information content (AvgIpc) is 2.84. The summed E-state index contributed by atoms with van der Waals surface area (Å²) in [7, 11) is 0. The topological polar surface area (TPSA) is 123 Å². The van der Waals surface area contributed by atoms with Crippen LogP contribution in [-0.2, 0) is 0 Å². The van der Waals surface area contributed by atoms with Crippen LogP contribution in [0.4, 0.5) is 34.1 Å². The SMILES string of the molecule is Nc1ccc2c(c1)NCCS2.Nc1ccc2c(c1)OCCN2.Nc1ccc2c(c1)SCCN2. The fourth-order valence-corrected chi connectivity index (χ4v) is 5.27. The molecule has 3 aliphatic rings. The predicted octanol–water partition coefficient (Wildman–Crippen LogP) is 4.65. The van der Waals surface area contributed by atoms with E-state index in [0.29, 0.717) is 0 Å². The molecule has 3 aromatic carbocycles. The molecule has 0 bridgehead atoms. The zero-order chi connectivity index (χ0) is 23.0. The van der Waals surface area contributed by atoms with Gasteiger partial charge in [0.2, 0.25) is 0 Å². The van der Waals surface area contributed by atoms with Gasteiger partial charge in [-0.2, -0.15) is 0 Å². The highest BCUT2D eigenvalue weighted by atomic mass is 32.2. The van der Waals surface area contributed by atoms with Crippen molar-refractivity contribution < 1.29 is 4.74 Å². The number of nitrogens with two attached hydrogens (primary N) is 3. The molecule has 3 heterocycles. The minimum absolute atomic E-state index is 0.719. The molecule has 0 saturated heterocycles. The van der Waals surface area contributed by atoms with Gasteiger partial charge in [0.05, 0.1) is 5.69 Å². The maximum atomic E-state index is 5.64. The molecule has 33 heavy (non-hydrogen) atoms. The van der Waals surface area contributed by atoms with E-state index in [2.05, 4.69) is 22.0 Å². The Morgan fingerprint density at radius 3 is 2.03 bits per heavy atom. The van der Waals surface area contributed by atoms with Crippen molar-refractivity contribution in [2.45, 2.75) is 9.79 Å². The third-order valence-corrected chi connectivity index (χ3v) is 7.17. The van der Waals surface area contributed by atoms with Crippen LogP contribution < -0.4 is 37.9 Å². The Morgan fingerprint density at radius 2 is 1.21 bits per heavy atom. The first kappa shape index (κ1) is 23.1. The highest BCUT2D eigenvalue weighted by Gasteiger charge is 2.09. The maximum Gasteiger partial charge on any atom is 0.144 e.